The minimum absolute atomic E-state index is 0.0476. The molecule has 0 spiro atoms. The predicted octanol–water partition coefficient (Wildman–Crippen LogP) is 4.13. The first-order valence-electron chi connectivity index (χ1n) is 12.2. The number of rotatable bonds is 6. The highest BCUT2D eigenvalue weighted by atomic mass is 32.2. The Kier molecular flexibility index (Phi) is 7.21. The molecule has 0 bridgehead atoms. The summed E-state index contributed by atoms with van der Waals surface area (Å²) >= 11 is 0. The summed E-state index contributed by atoms with van der Waals surface area (Å²) in [6, 6.07) is 7.15. The fraction of sp³-hybridized carbons (Fsp3) is 0.560. The molecule has 190 valence electrons. The van der Waals surface area contributed by atoms with Crippen LogP contribution in [-0.2, 0) is 21.0 Å². The highest BCUT2D eigenvalue weighted by Crippen LogP contribution is 2.36. The second-order valence-corrected chi connectivity index (χ2v) is 12.1. The van der Waals surface area contributed by atoms with Gasteiger partial charge in [0.15, 0.2) is 9.84 Å². The Morgan fingerprint density at radius 2 is 1.86 bits per heavy atom. The molecule has 9 nitrogen and oxygen atoms in total. The maximum atomic E-state index is 12.5. The summed E-state index contributed by atoms with van der Waals surface area (Å²) in [6.07, 6.45) is 3.87. The summed E-state index contributed by atoms with van der Waals surface area (Å²) in [4.78, 5) is 25.2. The summed E-state index contributed by atoms with van der Waals surface area (Å²) < 4.78 is 36.5. The molecule has 1 saturated heterocycles. The van der Waals surface area contributed by atoms with E-state index in [9.17, 15) is 13.2 Å². The number of carbonyl (C=O) groups excluding carboxylic acids is 1. The first-order chi connectivity index (χ1) is 16.6. The van der Waals surface area contributed by atoms with Crippen molar-refractivity contribution in [2.45, 2.75) is 70.0 Å². The van der Waals surface area contributed by atoms with Crippen molar-refractivity contribution in [3.63, 3.8) is 0 Å². The number of anilines is 2. The second kappa shape index (κ2) is 10.0. The lowest BCUT2D eigenvalue weighted by Crippen LogP contribution is -2.44. The lowest BCUT2D eigenvalue weighted by molar-refractivity contribution is 0.0123. The van der Waals surface area contributed by atoms with Crippen molar-refractivity contribution >= 4 is 27.4 Å². The monoisotopic (exact) mass is 502 g/mol. The van der Waals surface area contributed by atoms with Gasteiger partial charge in [-0.3, -0.25) is 0 Å². The van der Waals surface area contributed by atoms with Crippen LogP contribution in [0.2, 0.25) is 0 Å². The normalized spacial score (nSPS) is 16.8. The Balaban J connectivity index is 1.40. The molecule has 4 rings (SSSR count). The van der Waals surface area contributed by atoms with Crippen LogP contribution >= 0.6 is 0 Å². The zero-order chi connectivity index (χ0) is 25.2. The number of aromatic nitrogens is 2. The fourth-order valence-corrected chi connectivity index (χ4v) is 5.76. The Labute approximate surface area is 207 Å². The van der Waals surface area contributed by atoms with Crippen LogP contribution in [0.3, 0.4) is 0 Å². The van der Waals surface area contributed by atoms with Crippen LogP contribution in [0.25, 0.3) is 0 Å². The number of hydrogen-bond acceptors (Lipinski definition) is 8. The molecule has 0 N–H and O–H groups in total. The molecular weight excluding hydrogens is 468 g/mol. The molecule has 0 unspecified atom stereocenters. The van der Waals surface area contributed by atoms with Crippen molar-refractivity contribution in [2.24, 2.45) is 0 Å². The smallest absolute Gasteiger partial charge is 0.410 e. The largest absolute Gasteiger partial charge is 0.474 e. The summed E-state index contributed by atoms with van der Waals surface area (Å²) in [5.74, 6) is 1.35. The van der Waals surface area contributed by atoms with Gasteiger partial charge in [-0.15, -0.1) is 0 Å². The number of amides is 1. The fourth-order valence-electron chi connectivity index (χ4n) is 4.39. The third-order valence-electron chi connectivity index (χ3n) is 6.06. The third kappa shape index (κ3) is 6.04. The molecule has 0 atom stereocenters. The van der Waals surface area contributed by atoms with Crippen molar-refractivity contribution < 1.29 is 22.7 Å². The van der Waals surface area contributed by atoms with Crippen LogP contribution < -0.4 is 9.64 Å². The van der Waals surface area contributed by atoms with Crippen LogP contribution in [-0.4, -0.2) is 66.5 Å². The molecule has 10 heteroatoms. The highest BCUT2D eigenvalue weighted by molar-refractivity contribution is 7.91. The molecule has 0 aliphatic carbocycles. The Morgan fingerprint density at radius 1 is 1.11 bits per heavy atom. The van der Waals surface area contributed by atoms with E-state index in [4.69, 9.17) is 9.47 Å². The number of fused-ring (bicyclic) bond motifs is 1. The SMILES string of the molecule is CCCS(=O)(=O)c1ccc2c(c1)CCN2c1cc(OC2CCN(C(=O)OC(C)(C)C)CC2)ncn1. The van der Waals surface area contributed by atoms with Gasteiger partial charge in [0.05, 0.1) is 10.6 Å². The number of hydrogen-bond donors (Lipinski definition) is 0. The van der Waals surface area contributed by atoms with Crippen LogP contribution in [0.4, 0.5) is 16.3 Å². The number of ether oxygens (including phenoxy) is 2. The Morgan fingerprint density at radius 3 is 2.54 bits per heavy atom. The molecular formula is C25H34N4O5S. The summed E-state index contributed by atoms with van der Waals surface area (Å²) in [7, 11) is -3.25. The van der Waals surface area contributed by atoms with Crippen molar-refractivity contribution in [1.82, 2.24) is 14.9 Å². The van der Waals surface area contributed by atoms with E-state index >= 15 is 0 Å². The van der Waals surface area contributed by atoms with E-state index in [1.165, 1.54) is 6.33 Å². The molecule has 3 heterocycles. The van der Waals surface area contributed by atoms with Gasteiger partial charge in [0, 0.05) is 44.2 Å². The van der Waals surface area contributed by atoms with Gasteiger partial charge in [-0.2, -0.15) is 0 Å². The van der Waals surface area contributed by atoms with Gasteiger partial charge in [0.2, 0.25) is 5.88 Å². The number of benzene rings is 1. The number of piperidine rings is 1. The van der Waals surface area contributed by atoms with E-state index in [1.54, 1.807) is 17.0 Å². The predicted molar refractivity (Wildman–Crippen MR) is 133 cm³/mol. The minimum Gasteiger partial charge on any atom is -0.474 e. The number of carbonyl (C=O) groups is 1. The van der Waals surface area contributed by atoms with E-state index in [0.29, 0.717) is 55.5 Å². The topological polar surface area (TPSA) is 102 Å². The van der Waals surface area contributed by atoms with Crippen LogP contribution in [0.5, 0.6) is 5.88 Å². The van der Waals surface area contributed by atoms with Crippen LogP contribution in [0, 0.1) is 0 Å². The lowest BCUT2D eigenvalue weighted by atomic mass is 10.1. The molecule has 1 aromatic carbocycles. The minimum atomic E-state index is -3.25. The van der Waals surface area contributed by atoms with Crippen LogP contribution in [0.15, 0.2) is 35.5 Å². The van der Waals surface area contributed by atoms with Gasteiger partial charge >= 0.3 is 6.09 Å². The van der Waals surface area contributed by atoms with Crippen molar-refractivity contribution in [2.75, 3.05) is 30.3 Å². The maximum absolute atomic E-state index is 12.5. The first-order valence-corrected chi connectivity index (χ1v) is 13.8. The molecule has 2 aliphatic heterocycles. The van der Waals surface area contributed by atoms with E-state index < -0.39 is 15.4 Å². The van der Waals surface area contributed by atoms with Gasteiger partial charge in [-0.05, 0) is 57.4 Å². The molecule has 35 heavy (non-hydrogen) atoms. The molecule has 1 amide bonds. The van der Waals surface area contributed by atoms with Gasteiger partial charge in [0.25, 0.3) is 0 Å². The van der Waals surface area contributed by atoms with E-state index in [1.807, 2.05) is 39.8 Å². The van der Waals surface area contributed by atoms with E-state index in [0.717, 1.165) is 17.7 Å². The zero-order valence-electron chi connectivity index (χ0n) is 20.9. The van der Waals surface area contributed by atoms with Gasteiger partial charge in [-0.25, -0.2) is 23.2 Å². The van der Waals surface area contributed by atoms with Gasteiger partial charge < -0.3 is 19.3 Å². The zero-order valence-corrected chi connectivity index (χ0v) is 21.7. The summed E-state index contributed by atoms with van der Waals surface area (Å²) in [5, 5.41) is 0. The second-order valence-electron chi connectivity index (χ2n) is 10.0. The highest BCUT2D eigenvalue weighted by Gasteiger charge is 2.29. The molecule has 2 aromatic rings. The number of likely N-dealkylation sites (tertiary alicyclic amines) is 1. The third-order valence-corrected chi connectivity index (χ3v) is 7.98. The standard InChI is InChI=1S/C25H34N4O5S/c1-5-14-35(31,32)20-6-7-21-18(15-20)8-13-29(21)22-16-23(27-17-26-22)33-19-9-11-28(12-10-19)24(30)34-25(2,3)4/h6-7,15-17,19H,5,8-14H2,1-4H3. The molecule has 1 fully saturated rings. The van der Waals surface area contributed by atoms with Crippen molar-refractivity contribution in [3.05, 3.63) is 36.2 Å². The first kappa shape index (κ1) is 25.2. The molecule has 1 aromatic heterocycles. The Bertz CT molecular complexity index is 1170. The van der Waals surface area contributed by atoms with E-state index in [-0.39, 0.29) is 18.0 Å². The Hall–Kier alpha value is -2.88. The average Bonchev–Trinajstić information content (AvgIpc) is 3.22. The van der Waals surface area contributed by atoms with Crippen LogP contribution in [0.1, 0.15) is 52.5 Å². The van der Waals surface area contributed by atoms with E-state index in [2.05, 4.69) is 14.9 Å². The maximum Gasteiger partial charge on any atom is 0.410 e. The quantitative estimate of drug-likeness (QED) is 0.581. The van der Waals surface area contributed by atoms with Gasteiger partial charge in [-0.1, -0.05) is 6.92 Å². The number of nitrogens with zero attached hydrogens (tertiary/aromatic N) is 4. The average molecular weight is 503 g/mol. The summed E-state index contributed by atoms with van der Waals surface area (Å²) in [5.41, 5.74) is 1.44. The van der Waals surface area contributed by atoms with Crippen molar-refractivity contribution in [1.29, 1.82) is 0 Å². The molecule has 2 aliphatic rings. The number of sulfone groups is 1. The molecule has 0 radical (unpaired) electrons. The van der Waals surface area contributed by atoms with Gasteiger partial charge in [0.1, 0.15) is 23.9 Å². The molecule has 0 saturated carbocycles. The summed E-state index contributed by atoms with van der Waals surface area (Å²) in [6.45, 7) is 9.29. The van der Waals surface area contributed by atoms with Crippen molar-refractivity contribution in [3.8, 4) is 5.88 Å². The lowest BCUT2D eigenvalue weighted by Gasteiger charge is -2.33.